The Hall–Kier alpha value is -1.74. The monoisotopic (exact) mass is 242 g/mol. The van der Waals surface area contributed by atoms with Crippen molar-refractivity contribution in [3.63, 3.8) is 0 Å². The van der Waals surface area contributed by atoms with Crippen LogP contribution in [0.25, 0.3) is 10.9 Å². The number of carbonyl (C=O) groups is 1. The number of nitrogens with two attached hydrogens (primary N) is 1. The fourth-order valence-corrected chi connectivity index (χ4v) is 1.96. The Kier molecular flexibility index (Phi) is 4.05. The Morgan fingerprint density at radius 1 is 1.33 bits per heavy atom. The largest absolute Gasteiger partial charge is 0.330 e. The molecule has 1 unspecified atom stereocenters. The van der Waals surface area contributed by atoms with Crippen molar-refractivity contribution in [1.29, 1.82) is 0 Å². The van der Waals surface area contributed by atoms with Crippen LogP contribution in [0, 0.1) is 5.92 Å². The van der Waals surface area contributed by atoms with Crippen molar-refractivity contribution in [3.8, 4) is 0 Å². The van der Waals surface area contributed by atoms with Gasteiger partial charge < -0.3 is 5.73 Å². The Morgan fingerprint density at radius 2 is 2.11 bits per heavy atom. The smallest absolute Gasteiger partial charge is 0.165 e. The minimum atomic E-state index is 0.152. The molecule has 0 fully saturated rings. The Labute approximate surface area is 107 Å². The summed E-state index contributed by atoms with van der Waals surface area (Å²) in [5, 5.41) is 1.01. The van der Waals surface area contributed by atoms with E-state index >= 15 is 0 Å². The number of Topliss-reactive ketones (excluding diaryl/α,β-unsaturated/α-hetero) is 1. The number of fused-ring (bicyclic) bond motifs is 1. The average molecular weight is 242 g/mol. The van der Waals surface area contributed by atoms with Crippen molar-refractivity contribution < 1.29 is 4.79 Å². The molecule has 2 rings (SSSR count). The van der Waals surface area contributed by atoms with Crippen LogP contribution >= 0.6 is 0 Å². The standard InChI is InChI=1S/C15H18N2O/c1-11(10-16)7-8-14(18)13-6-2-4-12-5-3-9-17-15(12)13/h2-6,9,11H,7-8,10,16H2,1H3. The van der Waals surface area contributed by atoms with E-state index in [9.17, 15) is 4.79 Å². The van der Waals surface area contributed by atoms with Crippen molar-refractivity contribution in [2.75, 3.05) is 6.54 Å². The molecule has 2 aromatic rings. The van der Waals surface area contributed by atoms with Crippen LogP contribution in [-0.2, 0) is 0 Å². The van der Waals surface area contributed by atoms with Crippen LogP contribution in [0.2, 0.25) is 0 Å². The summed E-state index contributed by atoms with van der Waals surface area (Å²) in [6, 6.07) is 9.59. The van der Waals surface area contributed by atoms with Gasteiger partial charge >= 0.3 is 0 Å². The minimum Gasteiger partial charge on any atom is -0.330 e. The van der Waals surface area contributed by atoms with Gasteiger partial charge in [-0.1, -0.05) is 25.1 Å². The molecular weight excluding hydrogens is 224 g/mol. The normalized spacial score (nSPS) is 12.6. The van der Waals surface area contributed by atoms with E-state index in [4.69, 9.17) is 5.73 Å². The first-order chi connectivity index (χ1) is 8.72. The molecule has 0 saturated heterocycles. The molecule has 1 aromatic carbocycles. The number of carbonyl (C=O) groups excluding carboxylic acids is 1. The van der Waals surface area contributed by atoms with Gasteiger partial charge in [-0.3, -0.25) is 9.78 Å². The maximum absolute atomic E-state index is 12.2. The number of para-hydroxylation sites is 1. The molecule has 3 heteroatoms. The summed E-state index contributed by atoms with van der Waals surface area (Å²) in [6.07, 6.45) is 3.09. The molecule has 1 atom stereocenters. The Morgan fingerprint density at radius 3 is 2.89 bits per heavy atom. The molecule has 0 aliphatic rings. The molecule has 3 nitrogen and oxygen atoms in total. The molecular formula is C15H18N2O. The van der Waals surface area contributed by atoms with Crippen LogP contribution < -0.4 is 5.73 Å². The van der Waals surface area contributed by atoms with Crippen molar-refractivity contribution in [1.82, 2.24) is 4.98 Å². The first-order valence-electron chi connectivity index (χ1n) is 6.29. The van der Waals surface area contributed by atoms with Crippen LogP contribution in [-0.4, -0.2) is 17.3 Å². The molecule has 0 spiro atoms. The van der Waals surface area contributed by atoms with Crippen molar-refractivity contribution >= 4 is 16.7 Å². The minimum absolute atomic E-state index is 0.152. The lowest BCUT2D eigenvalue weighted by molar-refractivity contribution is 0.0976. The van der Waals surface area contributed by atoms with E-state index in [-0.39, 0.29) is 5.78 Å². The van der Waals surface area contributed by atoms with Gasteiger partial charge in [-0.2, -0.15) is 0 Å². The number of hydrogen-bond donors (Lipinski definition) is 1. The molecule has 0 bridgehead atoms. The molecule has 0 radical (unpaired) electrons. The van der Waals surface area contributed by atoms with Gasteiger partial charge in [-0.05, 0) is 31.0 Å². The molecule has 0 saturated carbocycles. The highest BCUT2D eigenvalue weighted by atomic mass is 16.1. The topological polar surface area (TPSA) is 56.0 Å². The van der Waals surface area contributed by atoms with Crippen LogP contribution in [0.3, 0.4) is 0 Å². The van der Waals surface area contributed by atoms with E-state index < -0.39 is 0 Å². The van der Waals surface area contributed by atoms with Gasteiger partial charge in [0.25, 0.3) is 0 Å². The Balaban J connectivity index is 2.22. The molecule has 1 heterocycles. The van der Waals surface area contributed by atoms with E-state index in [1.807, 2.05) is 30.3 Å². The fourth-order valence-electron chi connectivity index (χ4n) is 1.96. The van der Waals surface area contributed by atoms with Gasteiger partial charge in [0.2, 0.25) is 0 Å². The average Bonchev–Trinajstić information content (AvgIpc) is 2.43. The quantitative estimate of drug-likeness (QED) is 0.820. The van der Waals surface area contributed by atoms with Crippen LogP contribution in [0.1, 0.15) is 30.1 Å². The fraction of sp³-hybridized carbons (Fsp3) is 0.333. The second-order valence-corrected chi connectivity index (χ2v) is 4.68. The van der Waals surface area contributed by atoms with Gasteiger partial charge in [-0.15, -0.1) is 0 Å². The van der Waals surface area contributed by atoms with Gasteiger partial charge in [0.1, 0.15) is 0 Å². The van der Waals surface area contributed by atoms with E-state index in [1.165, 1.54) is 0 Å². The second-order valence-electron chi connectivity index (χ2n) is 4.68. The van der Waals surface area contributed by atoms with Crippen LogP contribution in [0.15, 0.2) is 36.5 Å². The predicted octanol–water partition coefficient (Wildman–Crippen LogP) is 2.79. The predicted molar refractivity (Wildman–Crippen MR) is 73.5 cm³/mol. The number of hydrogen-bond acceptors (Lipinski definition) is 3. The van der Waals surface area contributed by atoms with Crippen molar-refractivity contribution in [2.45, 2.75) is 19.8 Å². The summed E-state index contributed by atoms with van der Waals surface area (Å²) < 4.78 is 0. The van der Waals surface area contributed by atoms with Crippen LogP contribution in [0.4, 0.5) is 0 Å². The number of nitrogens with zero attached hydrogens (tertiary/aromatic N) is 1. The molecule has 2 N–H and O–H groups in total. The first kappa shape index (κ1) is 12.7. The van der Waals surface area contributed by atoms with Gasteiger partial charge in [0.15, 0.2) is 5.78 Å². The van der Waals surface area contributed by atoms with Gasteiger partial charge in [0.05, 0.1) is 5.52 Å². The summed E-state index contributed by atoms with van der Waals surface area (Å²) >= 11 is 0. The summed E-state index contributed by atoms with van der Waals surface area (Å²) in [5.41, 5.74) is 7.08. The summed E-state index contributed by atoms with van der Waals surface area (Å²) in [4.78, 5) is 16.5. The highest BCUT2D eigenvalue weighted by Crippen LogP contribution is 2.18. The number of benzene rings is 1. The number of aromatic nitrogens is 1. The zero-order valence-electron chi connectivity index (χ0n) is 10.6. The number of pyridine rings is 1. The zero-order chi connectivity index (χ0) is 13.0. The SMILES string of the molecule is CC(CN)CCC(=O)c1cccc2cccnc12. The summed E-state index contributed by atoms with van der Waals surface area (Å²) in [7, 11) is 0. The first-order valence-corrected chi connectivity index (χ1v) is 6.29. The van der Waals surface area contributed by atoms with Gasteiger partial charge in [-0.25, -0.2) is 0 Å². The van der Waals surface area contributed by atoms with E-state index in [0.29, 0.717) is 18.9 Å². The number of ketones is 1. The second kappa shape index (κ2) is 5.74. The summed E-state index contributed by atoms with van der Waals surface area (Å²) in [6.45, 7) is 2.69. The maximum Gasteiger partial charge on any atom is 0.165 e. The number of rotatable bonds is 5. The third-order valence-corrected chi connectivity index (χ3v) is 3.20. The highest BCUT2D eigenvalue weighted by Gasteiger charge is 2.11. The molecule has 0 aliphatic heterocycles. The zero-order valence-corrected chi connectivity index (χ0v) is 10.6. The maximum atomic E-state index is 12.2. The molecule has 18 heavy (non-hydrogen) atoms. The summed E-state index contributed by atoms with van der Waals surface area (Å²) in [5.74, 6) is 0.538. The lowest BCUT2D eigenvalue weighted by atomic mass is 9.98. The van der Waals surface area contributed by atoms with Crippen molar-refractivity contribution in [3.05, 3.63) is 42.1 Å². The molecule has 0 amide bonds. The van der Waals surface area contributed by atoms with E-state index in [1.54, 1.807) is 6.20 Å². The van der Waals surface area contributed by atoms with Crippen LogP contribution in [0.5, 0.6) is 0 Å². The Bertz CT molecular complexity index is 546. The lowest BCUT2D eigenvalue weighted by Gasteiger charge is -2.08. The molecule has 1 aromatic heterocycles. The lowest BCUT2D eigenvalue weighted by Crippen LogP contribution is -2.12. The van der Waals surface area contributed by atoms with E-state index in [0.717, 1.165) is 22.9 Å². The third kappa shape index (κ3) is 2.74. The highest BCUT2D eigenvalue weighted by molar-refractivity contribution is 6.06. The van der Waals surface area contributed by atoms with Gasteiger partial charge in [0, 0.05) is 23.6 Å². The van der Waals surface area contributed by atoms with E-state index in [2.05, 4.69) is 11.9 Å². The molecule has 0 aliphatic carbocycles. The molecule has 94 valence electrons. The third-order valence-electron chi connectivity index (χ3n) is 3.20. The van der Waals surface area contributed by atoms with Crippen molar-refractivity contribution in [2.24, 2.45) is 11.7 Å².